The number of esters is 1. The van der Waals surface area contributed by atoms with Gasteiger partial charge in [0.05, 0.1) is 16.9 Å². The van der Waals surface area contributed by atoms with Gasteiger partial charge in [-0.3, -0.25) is 14.9 Å². The van der Waals surface area contributed by atoms with Crippen LogP contribution < -0.4 is 0 Å². The highest BCUT2D eigenvalue weighted by atomic mass is 32.2. The summed E-state index contributed by atoms with van der Waals surface area (Å²) < 4.78 is 5.25. The van der Waals surface area contributed by atoms with Gasteiger partial charge in [-0.05, 0) is 24.8 Å². The summed E-state index contributed by atoms with van der Waals surface area (Å²) in [6, 6.07) is 4.96. The fourth-order valence-corrected chi connectivity index (χ4v) is 4.43. The summed E-state index contributed by atoms with van der Waals surface area (Å²) in [6.07, 6.45) is 1.45. The van der Waals surface area contributed by atoms with E-state index in [9.17, 15) is 19.7 Å². The van der Waals surface area contributed by atoms with Crippen LogP contribution in [0.4, 0.5) is 5.69 Å². The van der Waals surface area contributed by atoms with Gasteiger partial charge < -0.3 is 9.64 Å². The molecule has 0 aliphatic carbocycles. The second-order valence-corrected chi connectivity index (χ2v) is 7.83. The zero-order valence-corrected chi connectivity index (χ0v) is 16.0. The molecule has 0 aromatic heterocycles. The molecule has 7 nitrogen and oxygen atoms in total. The smallest absolute Gasteiger partial charge is 0.329 e. The van der Waals surface area contributed by atoms with Gasteiger partial charge in [0.15, 0.2) is 0 Å². The maximum absolute atomic E-state index is 13.1. The molecule has 26 heavy (non-hydrogen) atoms. The summed E-state index contributed by atoms with van der Waals surface area (Å²) in [6.45, 7) is 6.33. The van der Waals surface area contributed by atoms with Crippen molar-refractivity contribution in [3.05, 3.63) is 39.9 Å². The van der Waals surface area contributed by atoms with Gasteiger partial charge in [0.1, 0.15) is 6.04 Å². The van der Waals surface area contributed by atoms with Gasteiger partial charge in [0, 0.05) is 23.4 Å². The number of hydrogen-bond acceptors (Lipinski definition) is 6. The number of carbonyl (C=O) groups excluding carboxylic acids is 2. The molecule has 0 unspecified atom stereocenters. The van der Waals surface area contributed by atoms with Crippen molar-refractivity contribution < 1.29 is 19.2 Å². The third-order valence-corrected chi connectivity index (χ3v) is 5.34. The van der Waals surface area contributed by atoms with Gasteiger partial charge in [0.25, 0.3) is 11.6 Å². The Hall–Kier alpha value is -2.09. The number of nitrogens with zero attached hydrogens (tertiary/aromatic N) is 2. The molecule has 0 radical (unpaired) electrons. The molecule has 0 saturated carbocycles. The fourth-order valence-electron chi connectivity index (χ4n) is 2.80. The molecule has 1 saturated heterocycles. The molecule has 1 aliphatic rings. The predicted molar refractivity (Wildman–Crippen MR) is 100 cm³/mol. The minimum atomic E-state index is -0.665. The minimum Gasteiger partial charge on any atom is -0.464 e. The van der Waals surface area contributed by atoms with Crippen LogP contribution in [0.2, 0.25) is 0 Å². The summed E-state index contributed by atoms with van der Waals surface area (Å²) in [5.74, 6) is 0.0335. The maximum Gasteiger partial charge on any atom is 0.329 e. The van der Waals surface area contributed by atoms with E-state index in [1.54, 1.807) is 22.7 Å². The first-order valence-corrected chi connectivity index (χ1v) is 9.75. The average molecular weight is 380 g/mol. The van der Waals surface area contributed by atoms with Crippen molar-refractivity contribution in [2.75, 3.05) is 12.4 Å². The van der Waals surface area contributed by atoms with Crippen LogP contribution in [0.25, 0.3) is 0 Å². The number of rotatable bonds is 7. The Bertz CT molecular complexity index is 679. The van der Waals surface area contributed by atoms with E-state index in [4.69, 9.17) is 4.74 Å². The maximum atomic E-state index is 13.1. The van der Waals surface area contributed by atoms with E-state index < -0.39 is 16.9 Å². The Labute approximate surface area is 157 Å². The SMILES string of the molecule is CCCOC(=O)[C@H]1CS[C@@H](CC(C)C)N1C(=O)c1cccc([N+](=O)[O-])c1. The first-order valence-electron chi connectivity index (χ1n) is 8.70. The summed E-state index contributed by atoms with van der Waals surface area (Å²) in [5.41, 5.74) is 0.0666. The Kier molecular flexibility index (Phi) is 7.02. The number of nitro benzene ring substituents is 1. The third kappa shape index (κ3) is 4.75. The molecule has 1 fully saturated rings. The van der Waals surface area contributed by atoms with Crippen LogP contribution in [0.3, 0.4) is 0 Å². The number of hydrogen-bond donors (Lipinski definition) is 0. The van der Waals surface area contributed by atoms with Gasteiger partial charge in [-0.15, -0.1) is 11.8 Å². The molecular weight excluding hydrogens is 356 g/mol. The lowest BCUT2D eigenvalue weighted by atomic mass is 10.1. The van der Waals surface area contributed by atoms with Gasteiger partial charge in [-0.2, -0.15) is 0 Å². The average Bonchev–Trinajstić information content (AvgIpc) is 3.01. The van der Waals surface area contributed by atoms with Gasteiger partial charge in [-0.25, -0.2) is 4.79 Å². The molecule has 2 atom stereocenters. The van der Waals surface area contributed by atoms with Crippen molar-refractivity contribution in [1.29, 1.82) is 0 Å². The van der Waals surface area contributed by atoms with Crippen LogP contribution in [0, 0.1) is 16.0 Å². The van der Waals surface area contributed by atoms with E-state index >= 15 is 0 Å². The molecule has 1 aliphatic heterocycles. The molecule has 1 amide bonds. The van der Waals surface area contributed by atoms with Gasteiger partial charge in [0.2, 0.25) is 0 Å². The molecule has 1 aromatic carbocycles. The molecule has 2 rings (SSSR count). The second-order valence-electron chi connectivity index (χ2n) is 6.62. The lowest BCUT2D eigenvalue weighted by Crippen LogP contribution is -2.46. The van der Waals surface area contributed by atoms with E-state index in [2.05, 4.69) is 13.8 Å². The van der Waals surface area contributed by atoms with Crippen LogP contribution in [0.1, 0.15) is 44.0 Å². The van der Waals surface area contributed by atoms with E-state index in [-0.39, 0.29) is 22.5 Å². The second kappa shape index (κ2) is 9.02. The van der Waals surface area contributed by atoms with Crippen LogP contribution in [-0.2, 0) is 9.53 Å². The van der Waals surface area contributed by atoms with Crippen molar-refractivity contribution in [3.63, 3.8) is 0 Å². The molecule has 1 aromatic rings. The number of amides is 1. The number of thioether (sulfide) groups is 1. The first kappa shape index (κ1) is 20.2. The summed E-state index contributed by atoms with van der Waals surface area (Å²) in [5, 5.41) is 10.8. The molecule has 0 N–H and O–H groups in total. The van der Waals surface area contributed by atoms with Crippen molar-refractivity contribution >= 4 is 29.3 Å². The normalized spacial score (nSPS) is 19.6. The van der Waals surface area contributed by atoms with E-state index in [1.807, 2.05) is 6.92 Å². The molecule has 0 spiro atoms. The number of benzene rings is 1. The van der Waals surface area contributed by atoms with Crippen molar-refractivity contribution in [2.45, 2.75) is 45.0 Å². The largest absolute Gasteiger partial charge is 0.464 e. The number of non-ortho nitro benzene ring substituents is 1. The van der Waals surface area contributed by atoms with Gasteiger partial charge in [-0.1, -0.05) is 26.8 Å². The van der Waals surface area contributed by atoms with Crippen LogP contribution in [0.15, 0.2) is 24.3 Å². The Morgan fingerprint density at radius 3 is 2.77 bits per heavy atom. The number of carbonyl (C=O) groups is 2. The predicted octanol–water partition coefficient (Wildman–Crippen LogP) is 3.48. The molecule has 8 heteroatoms. The zero-order chi connectivity index (χ0) is 19.3. The standard InChI is InChI=1S/C18H24N2O5S/c1-4-8-25-18(22)15-11-26-16(9-12(2)3)19(15)17(21)13-6-5-7-14(10-13)20(23)24/h5-7,10,12,15-16H,4,8-9,11H2,1-3H3/t15-,16+/m1/s1. The molecule has 142 valence electrons. The lowest BCUT2D eigenvalue weighted by molar-refractivity contribution is -0.384. The highest BCUT2D eigenvalue weighted by molar-refractivity contribution is 8.00. The Morgan fingerprint density at radius 2 is 2.15 bits per heavy atom. The van der Waals surface area contributed by atoms with Crippen molar-refractivity contribution in [2.24, 2.45) is 5.92 Å². The fraction of sp³-hybridized carbons (Fsp3) is 0.556. The van der Waals surface area contributed by atoms with Gasteiger partial charge >= 0.3 is 5.97 Å². The summed E-state index contributed by atoms with van der Waals surface area (Å²) in [4.78, 5) is 37.5. The third-order valence-electron chi connectivity index (χ3n) is 4.02. The zero-order valence-electron chi connectivity index (χ0n) is 15.2. The summed E-state index contributed by atoms with van der Waals surface area (Å²) >= 11 is 1.55. The number of ether oxygens (including phenoxy) is 1. The Morgan fingerprint density at radius 1 is 1.42 bits per heavy atom. The Balaban J connectivity index is 2.30. The highest BCUT2D eigenvalue weighted by Gasteiger charge is 2.43. The van der Waals surface area contributed by atoms with Crippen LogP contribution in [-0.4, -0.2) is 45.5 Å². The first-order chi connectivity index (χ1) is 12.3. The quantitative estimate of drug-likeness (QED) is 0.409. The van der Waals surface area contributed by atoms with E-state index in [1.165, 1.54) is 18.2 Å². The van der Waals surface area contributed by atoms with Crippen molar-refractivity contribution in [1.82, 2.24) is 4.90 Å². The van der Waals surface area contributed by atoms with Crippen LogP contribution >= 0.6 is 11.8 Å². The molecule has 0 bridgehead atoms. The van der Waals surface area contributed by atoms with E-state index in [0.29, 0.717) is 24.7 Å². The molecular formula is C18H24N2O5S. The number of nitro groups is 1. The highest BCUT2D eigenvalue weighted by Crippen LogP contribution is 2.35. The minimum absolute atomic E-state index is 0.145. The summed E-state index contributed by atoms with van der Waals surface area (Å²) in [7, 11) is 0. The van der Waals surface area contributed by atoms with Crippen molar-refractivity contribution in [3.8, 4) is 0 Å². The topological polar surface area (TPSA) is 89.8 Å². The van der Waals surface area contributed by atoms with E-state index in [0.717, 1.165) is 6.42 Å². The van der Waals surface area contributed by atoms with Crippen LogP contribution in [0.5, 0.6) is 0 Å². The monoisotopic (exact) mass is 380 g/mol. The lowest BCUT2D eigenvalue weighted by Gasteiger charge is -2.29. The molecule has 1 heterocycles.